The van der Waals surface area contributed by atoms with Crippen LogP contribution in [0.15, 0.2) is 48.5 Å². The molecule has 4 nitrogen and oxygen atoms in total. The highest BCUT2D eigenvalue weighted by Crippen LogP contribution is 2.32. The molecule has 2 amide bonds. The van der Waals surface area contributed by atoms with Crippen LogP contribution in [0.3, 0.4) is 0 Å². The van der Waals surface area contributed by atoms with Gasteiger partial charge in [0.15, 0.2) is 0 Å². The average Bonchev–Trinajstić information content (AvgIpc) is 2.88. The highest BCUT2D eigenvalue weighted by atomic mass is 32.2. The fraction of sp³-hybridized carbons (Fsp3) is 0.263. The molecule has 1 fully saturated rings. The second-order valence-corrected chi connectivity index (χ2v) is 6.80. The molecule has 3 rings (SSSR count). The van der Waals surface area contributed by atoms with Gasteiger partial charge in [-0.1, -0.05) is 48.2 Å². The summed E-state index contributed by atoms with van der Waals surface area (Å²) in [6.07, 6.45) is 0.402. The number of amides is 2. The van der Waals surface area contributed by atoms with Gasteiger partial charge >= 0.3 is 0 Å². The average molecular weight is 359 g/mol. The highest BCUT2D eigenvalue weighted by molar-refractivity contribution is 8.15. The van der Waals surface area contributed by atoms with Crippen molar-refractivity contribution in [3.05, 3.63) is 65.5 Å². The van der Waals surface area contributed by atoms with E-state index in [0.717, 1.165) is 17.3 Å². The topological polar surface area (TPSA) is 46.6 Å². The first-order valence-corrected chi connectivity index (χ1v) is 8.94. The molecule has 1 heterocycles. The maximum Gasteiger partial charge on any atom is 0.289 e. The maximum absolute atomic E-state index is 13.7. The Balaban J connectivity index is 1.72. The number of nitrogens with zero attached hydrogens (tertiary/aromatic N) is 1. The first-order valence-electron chi connectivity index (χ1n) is 8.06. The molecule has 2 aromatic carbocycles. The normalized spacial score (nSPS) is 17.2. The van der Waals surface area contributed by atoms with E-state index in [1.165, 1.54) is 11.0 Å². The zero-order chi connectivity index (χ0) is 17.8. The van der Waals surface area contributed by atoms with Gasteiger partial charge in [-0.15, -0.1) is 0 Å². The van der Waals surface area contributed by atoms with E-state index in [1.807, 2.05) is 18.2 Å². The van der Waals surface area contributed by atoms with Gasteiger partial charge in [0.2, 0.25) is 5.91 Å². The van der Waals surface area contributed by atoms with Crippen LogP contribution >= 0.6 is 11.8 Å². The third-order valence-electron chi connectivity index (χ3n) is 4.04. The summed E-state index contributed by atoms with van der Waals surface area (Å²) >= 11 is 1.05. The van der Waals surface area contributed by atoms with E-state index < -0.39 is 5.25 Å². The Morgan fingerprint density at radius 2 is 1.76 bits per heavy atom. The van der Waals surface area contributed by atoms with E-state index in [0.29, 0.717) is 24.3 Å². The summed E-state index contributed by atoms with van der Waals surface area (Å²) in [6, 6.07) is 13.8. The van der Waals surface area contributed by atoms with Crippen LogP contribution in [-0.4, -0.2) is 27.8 Å². The van der Waals surface area contributed by atoms with Crippen LogP contribution in [0.25, 0.3) is 0 Å². The largest absolute Gasteiger partial charge is 0.489 e. The summed E-state index contributed by atoms with van der Waals surface area (Å²) in [5.74, 6) is 0.119. The number of para-hydroxylation sites is 1. The number of ether oxygens (including phenoxy) is 1. The van der Waals surface area contributed by atoms with Gasteiger partial charge < -0.3 is 4.74 Å². The van der Waals surface area contributed by atoms with Crippen LogP contribution in [0.1, 0.15) is 18.1 Å². The van der Waals surface area contributed by atoms with E-state index in [9.17, 15) is 14.0 Å². The first kappa shape index (κ1) is 17.5. The number of carbonyl (C=O) groups is 2. The summed E-state index contributed by atoms with van der Waals surface area (Å²) in [5, 5.41) is -0.645. The Labute approximate surface area is 150 Å². The third kappa shape index (κ3) is 3.85. The molecule has 0 unspecified atom stereocenters. The van der Waals surface area contributed by atoms with Crippen LogP contribution in [-0.2, 0) is 17.8 Å². The lowest BCUT2D eigenvalue weighted by molar-refractivity contribution is -0.126. The number of rotatable bonds is 6. The maximum atomic E-state index is 13.7. The minimum absolute atomic E-state index is 0.107. The fourth-order valence-electron chi connectivity index (χ4n) is 2.70. The molecule has 0 bridgehead atoms. The predicted molar refractivity (Wildman–Crippen MR) is 95.0 cm³/mol. The smallest absolute Gasteiger partial charge is 0.289 e. The molecule has 0 radical (unpaired) electrons. The second kappa shape index (κ2) is 7.70. The summed E-state index contributed by atoms with van der Waals surface area (Å²) in [5.41, 5.74) is 1.30. The second-order valence-electron chi connectivity index (χ2n) is 5.65. The molecule has 130 valence electrons. The SMILES string of the molecule is CCN1C(=O)S[C@H](Cc2ccccc2OCc2ccccc2F)C1=O. The molecule has 1 aliphatic rings. The third-order valence-corrected chi connectivity index (χ3v) is 5.11. The Hall–Kier alpha value is -2.34. The van der Waals surface area contributed by atoms with Crippen LogP contribution in [0.4, 0.5) is 9.18 Å². The number of benzene rings is 2. The summed E-state index contributed by atoms with van der Waals surface area (Å²) in [6.45, 7) is 2.27. The first-order chi connectivity index (χ1) is 12.1. The zero-order valence-corrected chi connectivity index (χ0v) is 14.6. The van der Waals surface area contributed by atoms with Crippen LogP contribution in [0, 0.1) is 5.82 Å². The minimum atomic E-state index is -0.439. The number of thioether (sulfide) groups is 1. The lowest BCUT2D eigenvalue weighted by Gasteiger charge is -2.14. The number of halogens is 1. The quantitative estimate of drug-likeness (QED) is 0.781. The summed E-state index contributed by atoms with van der Waals surface area (Å²) in [7, 11) is 0. The van der Waals surface area contributed by atoms with E-state index in [-0.39, 0.29) is 23.6 Å². The number of hydrogen-bond donors (Lipinski definition) is 0. The Bertz CT molecular complexity index is 796. The van der Waals surface area contributed by atoms with Gasteiger partial charge in [-0.2, -0.15) is 0 Å². The van der Waals surface area contributed by atoms with Crippen molar-refractivity contribution in [3.8, 4) is 5.75 Å². The molecular weight excluding hydrogens is 341 g/mol. The molecule has 1 aliphatic heterocycles. The van der Waals surface area contributed by atoms with E-state index in [2.05, 4.69) is 0 Å². The number of imide groups is 1. The number of hydrogen-bond acceptors (Lipinski definition) is 4. The van der Waals surface area contributed by atoms with Gasteiger partial charge in [-0.05, 0) is 31.0 Å². The van der Waals surface area contributed by atoms with E-state index in [1.54, 1.807) is 31.2 Å². The monoisotopic (exact) mass is 359 g/mol. The van der Waals surface area contributed by atoms with Gasteiger partial charge in [0.1, 0.15) is 18.2 Å². The van der Waals surface area contributed by atoms with Gasteiger partial charge in [0, 0.05) is 12.1 Å². The standard InChI is InChI=1S/C19H18FNO3S/c1-2-21-18(22)17(25-19(21)23)11-13-7-4-6-10-16(13)24-12-14-8-3-5-9-15(14)20/h3-10,17H,2,11-12H2,1H3/t17-/m1/s1. The highest BCUT2D eigenvalue weighted by Gasteiger charge is 2.38. The van der Waals surface area contributed by atoms with Crippen molar-refractivity contribution >= 4 is 22.9 Å². The van der Waals surface area contributed by atoms with Gasteiger partial charge in [0.05, 0.1) is 5.25 Å². The van der Waals surface area contributed by atoms with Gasteiger partial charge in [-0.25, -0.2) is 4.39 Å². The summed E-state index contributed by atoms with van der Waals surface area (Å²) in [4.78, 5) is 25.4. The molecule has 2 aromatic rings. The van der Waals surface area contributed by atoms with Gasteiger partial charge in [-0.3, -0.25) is 14.5 Å². The van der Waals surface area contributed by atoms with Crippen molar-refractivity contribution in [3.63, 3.8) is 0 Å². The molecule has 1 atom stereocenters. The zero-order valence-electron chi connectivity index (χ0n) is 13.8. The fourth-order valence-corrected chi connectivity index (χ4v) is 3.78. The van der Waals surface area contributed by atoms with Crippen molar-refractivity contribution in [2.24, 2.45) is 0 Å². The molecule has 6 heteroatoms. The van der Waals surface area contributed by atoms with Crippen molar-refractivity contribution < 1.29 is 18.7 Å². The molecule has 0 spiro atoms. The molecule has 1 saturated heterocycles. The lowest BCUT2D eigenvalue weighted by Crippen LogP contribution is -2.31. The van der Waals surface area contributed by atoms with Crippen molar-refractivity contribution in [2.75, 3.05) is 6.54 Å². The molecule has 25 heavy (non-hydrogen) atoms. The van der Waals surface area contributed by atoms with E-state index >= 15 is 0 Å². The van der Waals surface area contributed by atoms with Crippen molar-refractivity contribution in [1.29, 1.82) is 0 Å². The Morgan fingerprint density at radius 1 is 1.08 bits per heavy atom. The predicted octanol–water partition coefficient (Wildman–Crippen LogP) is 4.03. The van der Waals surface area contributed by atoms with Crippen LogP contribution in [0.2, 0.25) is 0 Å². The Morgan fingerprint density at radius 3 is 2.44 bits per heavy atom. The van der Waals surface area contributed by atoms with Crippen molar-refractivity contribution in [1.82, 2.24) is 4.90 Å². The molecule has 0 N–H and O–H groups in total. The van der Waals surface area contributed by atoms with Crippen LogP contribution in [0.5, 0.6) is 5.75 Å². The van der Waals surface area contributed by atoms with Crippen LogP contribution < -0.4 is 4.74 Å². The molecule has 0 aliphatic carbocycles. The minimum Gasteiger partial charge on any atom is -0.489 e. The molecule has 0 aromatic heterocycles. The lowest BCUT2D eigenvalue weighted by atomic mass is 10.1. The number of carbonyl (C=O) groups excluding carboxylic acids is 2. The van der Waals surface area contributed by atoms with Crippen molar-refractivity contribution in [2.45, 2.75) is 25.2 Å². The van der Waals surface area contributed by atoms with E-state index in [4.69, 9.17) is 4.74 Å². The molecular formula is C19H18FNO3S. The summed E-state index contributed by atoms with van der Waals surface area (Å²) < 4.78 is 19.5. The molecule has 0 saturated carbocycles. The van der Waals surface area contributed by atoms with Gasteiger partial charge in [0.25, 0.3) is 5.24 Å². The Kier molecular flexibility index (Phi) is 5.38.